The van der Waals surface area contributed by atoms with Crippen LogP contribution in [-0.4, -0.2) is 32.1 Å². The third kappa shape index (κ3) is 3.69. The van der Waals surface area contributed by atoms with E-state index in [1.807, 2.05) is 18.4 Å². The molecular formula is C18H15BrClN5O2S. The Bertz CT molecular complexity index is 1080. The zero-order valence-corrected chi connectivity index (χ0v) is 17.9. The molecule has 1 saturated carbocycles. The van der Waals surface area contributed by atoms with Gasteiger partial charge in [0.1, 0.15) is 15.8 Å². The summed E-state index contributed by atoms with van der Waals surface area (Å²) in [5.74, 6) is -0.304. The van der Waals surface area contributed by atoms with Crippen molar-refractivity contribution in [3.8, 4) is 5.82 Å². The van der Waals surface area contributed by atoms with Gasteiger partial charge < -0.3 is 10.6 Å². The van der Waals surface area contributed by atoms with Gasteiger partial charge in [-0.3, -0.25) is 9.59 Å². The number of anilines is 1. The molecule has 7 nitrogen and oxygen atoms in total. The second-order valence-electron chi connectivity index (χ2n) is 6.55. The maximum atomic E-state index is 12.9. The molecule has 3 aromatic heterocycles. The van der Waals surface area contributed by atoms with Gasteiger partial charge in [0.05, 0.1) is 10.0 Å². The van der Waals surface area contributed by atoms with Crippen molar-refractivity contribution >= 4 is 55.7 Å². The predicted octanol–water partition coefficient (Wildman–Crippen LogP) is 3.95. The molecule has 4 rings (SSSR count). The molecule has 0 radical (unpaired) electrons. The smallest absolute Gasteiger partial charge is 0.270 e. The van der Waals surface area contributed by atoms with Gasteiger partial charge in [0.25, 0.3) is 11.8 Å². The van der Waals surface area contributed by atoms with Crippen LogP contribution in [0.5, 0.6) is 0 Å². The first-order chi connectivity index (χ1) is 13.4. The van der Waals surface area contributed by atoms with E-state index in [2.05, 4.69) is 36.6 Å². The first kappa shape index (κ1) is 19.1. The number of carbonyl (C=O) groups is 2. The summed E-state index contributed by atoms with van der Waals surface area (Å²) < 4.78 is 1.82. The number of halogens is 2. The molecule has 1 fully saturated rings. The van der Waals surface area contributed by atoms with Crippen molar-refractivity contribution in [1.29, 1.82) is 0 Å². The molecule has 0 aliphatic heterocycles. The number of hydrogen-bond acceptors (Lipinski definition) is 5. The lowest BCUT2D eigenvalue weighted by atomic mass is 10.2. The van der Waals surface area contributed by atoms with Gasteiger partial charge in [-0.25, -0.2) is 9.67 Å². The van der Waals surface area contributed by atoms with Gasteiger partial charge in [0.15, 0.2) is 5.82 Å². The minimum atomic E-state index is -0.912. The molecule has 2 amide bonds. The molecule has 3 aromatic rings. The van der Waals surface area contributed by atoms with Crippen LogP contribution in [-0.2, 0) is 4.79 Å². The van der Waals surface area contributed by atoms with E-state index in [1.54, 1.807) is 24.4 Å². The lowest BCUT2D eigenvalue weighted by Crippen LogP contribution is -2.46. The molecular weight excluding hydrogens is 466 g/mol. The third-order valence-corrected chi connectivity index (χ3v) is 6.00. The average Bonchev–Trinajstić information content (AvgIpc) is 3.16. The minimum Gasteiger partial charge on any atom is -0.336 e. The first-order valence-electron chi connectivity index (χ1n) is 8.43. The maximum Gasteiger partial charge on any atom is 0.270 e. The molecule has 0 spiro atoms. The summed E-state index contributed by atoms with van der Waals surface area (Å²) in [6.45, 7) is 1.96. The molecule has 1 aliphatic carbocycles. The molecule has 0 aromatic carbocycles. The van der Waals surface area contributed by atoms with Crippen molar-refractivity contribution in [2.45, 2.75) is 25.3 Å². The molecule has 10 heteroatoms. The fraction of sp³-hybridized carbons (Fsp3) is 0.222. The van der Waals surface area contributed by atoms with Crippen molar-refractivity contribution < 1.29 is 9.59 Å². The van der Waals surface area contributed by atoms with E-state index in [4.69, 9.17) is 11.6 Å². The van der Waals surface area contributed by atoms with Crippen molar-refractivity contribution in [2.24, 2.45) is 0 Å². The molecule has 0 saturated heterocycles. The van der Waals surface area contributed by atoms with Gasteiger partial charge in [0.2, 0.25) is 0 Å². The van der Waals surface area contributed by atoms with Gasteiger partial charge in [-0.15, -0.1) is 11.3 Å². The predicted molar refractivity (Wildman–Crippen MR) is 111 cm³/mol. The van der Waals surface area contributed by atoms with Crippen LogP contribution in [0.25, 0.3) is 5.82 Å². The lowest BCUT2D eigenvalue weighted by Gasteiger charge is -2.17. The van der Waals surface area contributed by atoms with Crippen LogP contribution in [0.4, 0.5) is 5.00 Å². The molecule has 144 valence electrons. The first-order valence-corrected chi connectivity index (χ1v) is 10.5. The highest BCUT2D eigenvalue weighted by Crippen LogP contribution is 2.37. The van der Waals surface area contributed by atoms with Crippen LogP contribution in [0.3, 0.4) is 0 Å². The SMILES string of the molecule is Cc1csc(NC(=O)C2(NC(=O)c3cc(Br)nn3-c3ncccc3Cl)CC2)c1. The van der Waals surface area contributed by atoms with Crippen LogP contribution in [0, 0.1) is 6.92 Å². The zero-order valence-electron chi connectivity index (χ0n) is 14.7. The number of carbonyl (C=O) groups excluding carboxylic acids is 2. The Morgan fingerprint density at radius 1 is 1.36 bits per heavy atom. The average molecular weight is 481 g/mol. The summed E-state index contributed by atoms with van der Waals surface area (Å²) in [6, 6.07) is 6.83. The molecule has 28 heavy (non-hydrogen) atoms. The lowest BCUT2D eigenvalue weighted by molar-refractivity contribution is -0.118. The summed E-state index contributed by atoms with van der Waals surface area (Å²) in [4.78, 5) is 29.8. The van der Waals surface area contributed by atoms with E-state index >= 15 is 0 Å². The molecule has 1 aliphatic rings. The Balaban J connectivity index is 1.56. The monoisotopic (exact) mass is 479 g/mol. The van der Waals surface area contributed by atoms with Crippen LogP contribution in [0.15, 0.2) is 40.4 Å². The van der Waals surface area contributed by atoms with Crippen molar-refractivity contribution in [1.82, 2.24) is 20.1 Å². The van der Waals surface area contributed by atoms with Crippen LogP contribution >= 0.6 is 38.9 Å². The van der Waals surface area contributed by atoms with E-state index in [0.29, 0.717) is 28.3 Å². The Labute approximate surface area is 178 Å². The highest BCUT2D eigenvalue weighted by atomic mass is 79.9. The van der Waals surface area contributed by atoms with Crippen LogP contribution in [0.2, 0.25) is 5.02 Å². The fourth-order valence-electron chi connectivity index (χ4n) is 2.75. The van der Waals surface area contributed by atoms with E-state index < -0.39 is 11.4 Å². The van der Waals surface area contributed by atoms with E-state index in [0.717, 1.165) is 10.6 Å². The molecule has 2 N–H and O–H groups in total. The van der Waals surface area contributed by atoms with Gasteiger partial charge in [-0.2, -0.15) is 5.10 Å². The highest BCUT2D eigenvalue weighted by Gasteiger charge is 2.51. The van der Waals surface area contributed by atoms with Gasteiger partial charge in [-0.05, 0) is 64.8 Å². The van der Waals surface area contributed by atoms with Crippen LogP contribution < -0.4 is 10.6 Å². The van der Waals surface area contributed by atoms with Gasteiger partial charge in [0, 0.05) is 12.3 Å². The Hall–Kier alpha value is -2.23. The normalized spacial score (nSPS) is 14.5. The molecule has 0 bridgehead atoms. The zero-order chi connectivity index (χ0) is 19.9. The van der Waals surface area contributed by atoms with Crippen molar-refractivity contribution in [2.75, 3.05) is 5.32 Å². The molecule has 3 heterocycles. The molecule has 0 unspecified atom stereocenters. The Kier molecular flexibility index (Phi) is 4.98. The van der Waals surface area contributed by atoms with Gasteiger partial charge >= 0.3 is 0 Å². The van der Waals surface area contributed by atoms with E-state index in [-0.39, 0.29) is 11.6 Å². The Morgan fingerprint density at radius 3 is 2.79 bits per heavy atom. The number of thiophene rings is 1. The van der Waals surface area contributed by atoms with E-state index in [9.17, 15) is 9.59 Å². The van der Waals surface area contributed by atoms with Crippen LogP contribution in [0.1, 0.15) is 28.9 Å². The quantitative estimate of drug-likeness (QED) is 0.579. The number of pyridine rings is 1. The molecule has 0 atom stereocenters. The summed E-state index contributed by atoms with van der Waals surface area (Å²) in [6.07, 6.45) is 2.72. The van der Waals surface area contributed by atoms with Crippen molar-refractivity contribution in [3.05, 3.63) is 56.7 Å². The topological polar surface area (TPSA) is 88.9 Å². The standard InChI is InChI=1S/C18H15BrClN5O2S/c1-10-7-14(28-9-10)22-17(27)18(4-5-18)23-16(26)12-8-13(19)24-25(12)15-11(20)3-2-6-21-15/h2-3,6-9H,4-5H2,1H3,(H,22,27)(H,23,26). The number of amides is 2. The number of nitrogens with zero attached hydrogens (tertiary/aromatic N) is 3. The summed E-state index contributed by atoms with van der Waals surface area (Å²) in [5.41, 5.74) is 0.401. The van der Waals surface area contributed by atoms with Crippen molar-refractivity contribution in [3.63, 3.8) is 0 Å². The van der Waals surface area contributed by atoms with Gasteiger partial charge in [-0.1, -0.05) is 11.6 Å². The summed E-state index contributed by atoms with van der Waals surface area (Å²) in [7, 11) is 0. The summed E-state index contributed by atoms with van der Waals surface area (Å²) >= 11 is 10.9. The number of aromatic nitrogens is 3. The number of nitrogens with one attached hydrogen (secondary N) is 2. The van der Waals surface area contributed by atoms with E-state index in [1.165, 1.54) is 16.0 Å². The highest BCUT2D eigenvalue weighted by molar-refractivity contribution is 9.10. The number of hydrogen-bond donors (Lipinski definition) is 2. The number of aryl methyl sites for hydroxylation is 1. The fourth-order valence-corrected chi connectivity index (χ4v) is 4.12. The largest absolute Gasteiger partial charge is 0.336 e. The second kappa shape index (κ2) is 7.31. The minimum absolute atomic E-state index is 0.219. The maximum absolute atomic E-state index is 12.9. The Morgan fingerprint density at radius 2 is 2.14 bits per heavy atom. The summed E-state index contributed by atoms with van der Waals surface area (Å²) in [5, 5.41) is 13.1. The third-order valence-electron chi connectivity index (χ3n) is 4.36. The number of rotatable bonds is 5. The second-order valence-corrected chi connectivity index (χ2v) is 8.68.